The summed E-state index contributed by atoms with van der Waals surface area (Å²) in [6.45, 7) is 9.38. The second-order valence-corrected chi connectivity index (χ2v) is 5.42. The first kappa shape index (κ1) is 15.9. The third-order valence-electron chi connectivity index (χ3n) is 3.88. The summed E-state index contributed by atoms with van der Waals surface area (Å²) in [5.74, 6) is 0. The minimum atomic E-state index is 0.295. The molecule has 0 heterocycles. The van der Waals surface area contributed by atoms with E-state index in [2.05, 4.69) is 31.8 Å². The fourth-order valence-corrected chi connectivity index (χ4v) is 2.68. The van der Waals surface area contributed by atoms with Crippen molar-refractivity contribution in [3.8, 4) is 0 Å². The highest BCUT2D eigenvalue weighted by Gasteiger charge is 2.36. The molecule has 1 aliphatic rings. The largest absolute Gasteiger partial charge is 0.311 e. The van der Waals surface area contributed by atoms with Crippen LogP contribution in [0.25, 0.3) is 0 Å². The molecule has 2 nitrogen and oxygen atoms in total. The van der Waals surface area contributed by atoms with Crippen LogP contribution >= 0.6 is 0 Å². The molecular formula is C17H27NO. The summed E-state index contributed by atoms with van der Waals surface area (Å²) in [6, 6.07) is 0. The fourth-order valence-electron chi connectivity index (χ4n) is 2.68. The molecule has 1 rings (SSSR count). The lowest BCUT2D eigenvalue weighted by atomic mass is 9.72. The minimum Gasteiger partial charge on any atom is -0.311 e. The number of aldehydes is 1. The van der Waals surface area contributed by atoms with Gasteiger partial charge in [0, 0.05) is 5.54 Å². The SMILES string of the molecule is C=C(/C=C(\C/C=C/C=O)CC1(NCC)CCC1)CC. The Morgan fingerprint density at radius 2 is 2.11 bits per heavy atom. The van der Waals surface area contributed by atoms with Crippen LogP contribution in [-0.2, 0) is 4.79 Å². The molecule has 0 saturated heterocycles. The second kappa shape index (κ2) is 8.11. The molecule has 0 aliphatic heterocycles. The molecule has 1 N–H and O–H groups in total. The Bertz CT molecular complexity index is 361. The topological polar surface area (TPSA) is 29.1 Å². The van der Waals surface area contributed by atoms with Crippen molar-refractivity contribution >= 4 is 6.29 Å². The van der Waals surface area contributed by atoms with Crippen LogP contribution < -0.4 is 5.32 Å². The van der Waals surface area contributed by atoms with E-state index < -0.39 is 0 Å². The Morgan fingerprint density at radius 1 is 1.37 bits per heavy atom. The Balaban J connectivity index is 2.72. The van der Waals surface area contributed by atoms with Crippen LogP contribution in [0.3, 0.4) is 0 Å². The van der Waals surface area contributed by atoms with E-state index in [1.54, 1.807) is 6.08 Å². The van der Waals surface area contributed by atoms with Gasteiger partial charge >= 0.3 is 0 Å². The zero-order valence-electron chi connectivity index (χ0n) is 12.4. The first-order chi connectivity index (χ1) is 9.15. The maximum atomic E-state index is 10.4. The van der Waals surface area contributed by atoms with Gasteiger partial charge in [0.1, 0.15) is 6.29 Å². The van der Waals surface area contributed by atoms with Crippen LogP contribution in [0.15, 0.2) is 36.0 Å². The number of nitrogens with one attached hydrogen (secondary N) is 1. The summed E-state index contributed by atoms with van der Waals surface area (Å²) in [5.41, 5.74) is 2.84. The van der Waals surface area contributed by atoms with E-state index in [1.165, 1.54) is 30.4 Å². The molecule has 19 heavy (non-hydrogen) atoms. The maximum absolute atomic E-state index is 10.4. The summed E-state index contributed by atoms with van der Waals surface area (Å²) < 4.78 is 0. The van der Waals surface area contributed by atoms with E-state index in [-0.39, 0.29) is 0 Å². The molecule has 2 heteroatoms. The maximum Gasteiger partial charge on any atom is 0.142 e. The quantitative estimate of drug-likeness (QED) is 0.387. The third-order valence-corrected chi connectivity index (χ3v) is 3.88. The lowest BCUT2D eigenvalue weighted by molar-refractivity contribution is -0.104. The van der Waals surface area contributed by atoms with Crippen molar-refractivity contribution in [3.05, 3.63) is 36.0 Å². The van der Waals surface area contributed by atoms with E-state index in [0.29, 0.717) is 5.54 Å². The van der Waals surface area contributed by atoms with Gasteiger partial charge in [-0.05, 0) is 51.1 Å². The van der Waals surface area contributed by atoms with Gasteiger partial charge < -0.3 is 5.32 Å². The van der Waals surface area contributed by atoms with Gasteiger partial charge in [-0.2, -0.15) is 0 Å². The second-order valence-electron chi connectivity index (χ2n) is 5.42. The van der Waals surface area contributed by atoms with E-state index >= 15 is 0 Å². The monoisotopic (exact) mass is 261 g/mol. The highest BCUT2D eigenvalue weighted by molar-refractivity contribution is 5.64. The summed E-state index contributed by atoms with van der Waals surface area (Å²) in [4.78, 5) is 10.4. The van der Waals surface area contributed by atoms with Gasteiger partial charge in [0.15, 0.2) is 0 Å². The Labute approximate surface area is 117 Å². The first-order valence-corrected chi connectivity index (χ1v) is 7.38. The molecule has 0 unspecified atom stereocenters. The van der Waals surface area contributed by atoms with E-state index in [9.17, 15) is 4.79 Å². The third kappa shape index (κ3) is 5.15. The van der Waals surface area contributed by atoms with Crippen molar-refractivity contribution in [1.82, 2.24) is 5.32 Å². The van der Waals surface area contributed by atoms with Crippen LogP contribution in [0, 0.1) is 0 Å². The first-order valence-electron chi connectivity index (χ1n) is 7.38. The van der Waals surface area contributed by atoms with Gasteiger partial charge in [-0.1, -0.05) is 43.7 Å². The van der Waals surface area contributed by atoms with Crippen LogP contribution in [0.1, 0.15) is 52.4 Å². The van der Waals surface area contributed by atoms with Gasteiger partial charge in [-0.25, -0.2) is 0 Å². The number of hydrogen-bond acceptors (Lipinski definition) is 2. The molecular weight excluding hydrogens is 234 g/mol. The van der Waals surface area contributed by atoms with Crippen molar-refractivity contribution in [2.75, 3.05) is 6.54 Å². The van der Waals surface area contributed by atoms with Crippen molar-refractivity contribution in [1.29, 1.82) is 0 Å². The molecule has 0 amide bonds. The number of carbonyl (C=O) groups is 1. The number of carbonyl (C=O) groups excluding carboxylic acids is 1. The average molecular weight is 261 g/mol. The van der Waals surface area contributed by atoms with Crippen LogP contribution in [0.2, 0.25) is 0 Å². The Kier molecular flexibility index (Phi) is 6.79. The van der Waals surface area contributed by atoms with Crippen molar-refractivity contribution < 1.29 is 4.79 Å². The van der Waals surface area contributed by atoms with E-state index in [0.717, 1.165) is 32.1 Å². The zero-order chi connectivity index (χ0) is 14.1. The molecule has 1 aliphatic carbocycles. The smallest absolute Gasteiger partial charge is 0.142 e. The van der Waals surface area contributed by atoms with Crippen LogP contribution in [0.5, 0.6) is 0 Å². The minimum absolute atomic E-state index is 0.295. The Hall–Kier alpha value is -1.15. The average Bonchev–Trinajstić information content (AvgIpc) is 2.36. The van der Waals surface area contributed by atoms with Crippen molar-refractivity contribution in [2.45, 2.75) is 57.9 Å². The van der Waals surface area contributed by atoms with E-state index in [4.69, 9.17) is 0 Å². The zero-order valence-corrected chi connectivity index (χ0v) is 12.4. The number of rotatable bonds is 9. The molecule has 0 radical (unpaired) electrons. The lowest BCUT2D eigenvalue weighted by Crippen LogP contribution is -2.51. The predicted molar refractivity (Wildman–Crippen MR) is 82.2 cm³/mol. The molecule has 1 saturated carbocycles. The van der Waals surface area contributed by atoms with Gasteiger partial charge in [0.05, 0.1) is 0 Å². The highest BCUT2D eigenvalue weighted by atomic mass is 16.1. The van der Waals surface area contributed by atoms with Gasteiger partial charge in [0.25, 0.3) is 0 Å². The summed E-state index contributed by atoms with van der Waals surface area (Å²) in [7, 11) is 0. The molecule has 1 fully saturated rings. The molecule has 0 aromatic carbocycles. The molecule has 0 atom stereocenters. The molecule has 0 spiro atoms. The summed E-state index contributed by atoms with van der Waals surface area (Å²) in [6.07, 6.45) is 13.3. The molecule has 0 aromatic rings. The van der Waals surface area contributed by atoms with Gasteiger partial charge in [-0.15, -0.1) is 0 Å². The predicted octanol–water partition coefficient (Wildman–Crippen LogP) is 3.95. The van der Waals surface area contributed by atoms with E-state index in [1.807, 2.05) is 6.08 Å². The standard InChI is InChI=1S/C17H27NO/c1-4-15(3)13-16(9-6-7-12-19)14-17(18-5-2)10-8-11-17/h6-7,12-13,18H,3-5,8-11,14H2,1-2H3/b7-6+,16-13+. The van der Waals surface area contributed by atoms with Crippen LogP contribution in [0.4, 0.5) is 0 Å². The molecule has 0 bridgehead atoms. The van der Waals surface area contributed by atoms with Gasteiger partial charge in [0.2, 0.25) is 0 Å². The van der Waals surface area contributed by atoms with Crippen molar-refractivity contribution in [3.63, 3.8) is 0 Å². The molecule has 106 valence electrons. The number of hydrogen-bond donors (Lipinski definition) is 1. The lowest BCUT2D eigenvalue weighted by Gasteiger charge is -2.43. The Morgan fingerprint density at radius 3 is 2.58 bits per heavy atom. The summed E-state index contributed by atoms with van der Waals surface area (Å²) in [5, 5.41) is 3.64. The van der Waals surface area contributed by atoms with Crippen LogP contribution in [-0.4, -0.2) is 18.4 Å². The summed E-state index contributed by atoms with van der Waals surface area (Å²) >= 11 is 0. The normalized spacial score (nSPS) is 18.3. The molecule has 0 aromatic heterocycles. The van der Waals surface area contributed by atoms with Gasteiger partial charge in [-0.3, -0.25) is 4.79 Å². The highest BCUT2D eigenvalue weighted by Crippen LogP contribution is 2.38. The fraction of sp³-hybridized carbons (Fsp3) is 0.588. The van der Waals surface area contributed by atoms with Crippen molar-refractivity contribution in [2.24, 2.45) is 0 Å². The number of allylic oxidation sites excluding steroid dienone is 4.